The molecule has 0 saturated carbocycles. The monoisotopic (exact) mass is 489 g/mol. The predicted octanol–water partition coefficient (Wildman–Crippen LogP) is 5.12. The number of nitrogen functional groups attached to an aromatic ring is 1. The number of nitrogens with one attached hydrogen (secondary N) is 2. The summed E-state index contributed by atoms with van der Waals surface area (Å²) in [6.07, 6.45) is 1.52. The molecule has 1 aromatic heterocycles. The van der Waals surface area contributed by atoms with Crippen LogP contribution in [-0.4, -0.2) is 28.5 Å². The van der Waals surface area contributed by atoms with Crippen LogP contribution in [-0.2, 0) is 6.54 Å². The number of amidine groups is 1. The van der Waals surface area contributed by atoms with Gasteiger partial charge in [0, 0.05) is 29.1 Å². The Labute approximate surface area is 189 Å². The lowest BCUT2D eigenvalue weighted by atomic mass is 10.1. The number of hydrogen-bond donors (Lipinski definition) is 3. The Morgan fingerprint density at radius 2 is 2.00 bits per heavy atom. The first-order chi connectivity index (χ1) is 14.8. The van der Waals surface area contributed by atoms with E-state index in [0.717, 1.165) is 5.69 Å². The standard InChI is InChI=1S/C22H25BrFN5O2/c1-4-30-17-9-15(20(24)18(10-17)31-13(2)3)12-29(22-27-11-19(23)28-22)16-7-5-14(6-8-16)21(25)26/h5-11,13H,4,12H2,1-3H3,(H3,25,26)(H,27,28). The molecule has 0 amide bonds. The Balaban J connectivity index is 2.04. The lowest BCUT2D eigenvalue weighted by Gasteiger charge is -2.24. The van der Waals surface area contributed by atoms with E-state index in [4.69, 9.17) is 20.6 Å². The topological polar surface area (TPSA) is 100 Å². The van der Waals surface area contributed by atoms with Crippen molar-refractivity contribution in [3.63, 3.8) is 0 Å². The van der Waals surface area contributed by atoms with Crippen LogP contribution in [0, 0.1) is 11.2 Å². The van der Waals surface area contributed by atoms with Crippen molar-refractivity contribution in [2.24, 2.45) is 5.73 Å². The smallest absolute Gasteiger partial charge is 0.208 e. The summed E-state index contributed by atoms with van der Waals surface area (Å²) in [5.74, 6) is 0.721. The predicted molar refractivity (Wildman–Crippen MR) is 123 cm³/mol. The highest BCUT2D eigenvalue weighted by Gasteiger charge is 2.20. The third kappa shape index (κ3) is 5.55. The van der Waals surface area contributed by atoms with Crippen molar-refractivity contribution in [3.8, 4) is 11.5 Å². The van der Waals surface area contributed by atoms with Gasteiger partial charge in [-0.1, -0.05) is 0 Å². The number of rotatable bonds is 9. The van der Waals surface area contributed by atoms with Crippen LogP contribution in [0.2, 0.25) is 0 Å². The van der Waals surface area contributed by atoms with Crippen molar-refractivity contribution in [1.82, 2.24) is 9.97 Å². The van der Waals surface area contributed by atoms with Crippen LogP contribution in [0.4, 0.5) is 16.0 Å². The van der Waals surface area contributed by atoms with E-state index in [1.54, 1.807) is 30.5 Å². The van der Waals surface area contributed by atoms with Gasteiger partial charge in [-0.15, -0.1) is 0 Å². The zero-order valence-corrected chi connectivity index (χ0v) is 19.2. The number of anilines is 2. The van der Waals surface area contributed by atoms with Gasteiger partial charge in [0.05, 0.1) is 19.3 Å². The maximum atomic E-state index is 15.3. The van der Waals surface area contributed by atoms with E-state index in [1.165, 1.54) is 0 Å². The van der Waals surface area contributed by atoms with Crippen molar-refractivity contribution >= 4 is 33.4 Å². The Bertz CT molecular complexity index is 1050. The van der Waals surface area contributed by atoms with Gasteiger partial charge in [0.25, 0.3) is 0 Å². The second-order valence-corrected chi connectivity index (χ2v) is 7.90. The van der Waals surface area contributed by atoms with Gasteiger partial charge in [-0.05, 0) is 67.0 Å². The number of aromatic amines is 1. The number of aromatic nitrogens is 2. The van der Waals surface area contributed by atoms with Crippen LogP contribution in [0.1, 0.15) is 31.9 Å². The van der Waals surface area contributed by atoms with E-state index in [9.17, 15) is 0 Å². The molecule has 0 fully saturated rings. The molecule has 31 heavy (non-hydrogen) atoms. The first kappa shape index (κ1) is 22.6. The minimum Gasteiger partial charge on any atom is -0.494 e. The first-order valence-electron chi connectivity index (χ1n) is 9.83. The van der Waals surface area contributed by atoms with Crippen LogP contribution in [0.15, 0.2) is 47.2 Å². The lowest BCUT2D eigenvalue weighted by molar-refractivity contribution is 0.228. The molecule has 3 aromatic rings. The summed E-state index contributed by atoms with van der Waals surface area (Å²) in [7, 11) is 0. The van der Waals surface area contributed by atoms with Crippen LogP contribution in [0.25, 0.3) is 0 Å². The fourth-order valence-electron chi connectivity index (χ4n) is 3.04. The van der Waals surface area contributed by atoms with Crippen molar-refractivity contribution < 1.29 is 13.9 Å². The number of imidazole rings is 1. The summed E-state index contributed by atoms with van der Waals surface area (Å²) >= 11 is 3.35. The van der Waals surface area contributed by atoms with Crippen molar-refractivity contribution in [1.29, 1.82) is 5.41 Å². The number of hydrogen-bond acceptors (Lipinski definition) is 5. The maximum Gasteiger partial charge on any atom is 0.208 e. The second-order valence-electron chi connectivity index (χ2n) is 7.09. The molecule has 0 spiro atoms. The summed E-state index contributed by atoms with van der Waals surface area (Å²) in [5.41, 5.74) is 7.31. The first-order valence-corrected chi connectivity index (χ1v) is 10.6. The number of benzene rings is 2. The molecule has 0 saturated heterocycles. The molecule has 0 radical (unpaired) electrons. The molecule has 4 N–H and O–H groups in total. The SMILES string of the molecule is CCOc1cc(CN(c2ccc(C(=N)N)cc2)c2nc(Br)c[nH]2)c(F)c(OC(C)C)c1. The largest absolute Gasteiger partial charge is 0.494 e. The van der Waals surface area contributed by atoms with Gasteiger partial charge < -0.3 is 25.1 Å². The quantitative estimate of drug-likeness (QED) is 0.286. The van der Waals surface area contributed by atoms with E-state index in [2.05, 4.69) is 25.9 Å². The summed E-state index contributed by atoms with van der Waals surface area (Å²) in [5, 5.41) is 7.59. The summed E-state index contributed by atoms with van der Waals surface area (Å²) in [6.45, 7) is 6.18. The van der Waals surface area contributed by atoms with Gasteiger partial charge >= 0.3 is 0 Å². The van der Waals surface area contributed by atoms with Crippen LogP contribution >= 0.6 is 15.9 Å². The Morgan fingerprint density at radius 3 is 2.55 bits per heavy atom. The highest BCUT2D eigenvalue weighted by Crippen LogP contribution is 2.33. The fourth-order valence-corrected chi connectivity index (χ4v) is 3.32. The van der Waals surface area contributed by atoms with Gasteiger partial charge in [-0.25, -0.2) is 9.37 Å². The minimum atomic E-state index is -0.451. The molecule has 3 rings (SSSR count). The van der Waals surface area contributed by atoms with E-state index in [-0.39, 0.29) is 24.2 Å². The average Bonchev–Trinajstić information content (AvgIpc) is 3.15. The summed E-state index contributed by atoms with van der Waals surface area (Å²) in [6, 6.07) is 10.3. The van der Waals surface area contributed by atoms with E-state index >= 15 is 4.39 Å². The number of nitrogens with two attached hydrogens (primary N) is 1. The van der Waals surface area contributed by atoms with Gasteiger partial charge in [-0.2, -0.15) is 0 Å². The molecule has 0 bridgehead atoms. The van der Waals surface area contributed by atoms with Gasteiger partial charge in [0.1, 0.15) is 16.2 Å². The van der Waals surface area contributed by atoms with Gasteiger partial charge in [0.15, 0.2) is 11.6 Å². The molecule has 0 aliphatic carbocycles. The number of ether oxygens (including phenoxy) is 2. The number of nitrogens with zero attached hydrogens (tertiary/aromatic N) is 2. The number of halogens is 2. The molecule has 9 heteroatoms. The third-order valence-electron chi connectivity index (χ3n) is 4.37. The maximum absolute atomic E-state index is 15.3. The lowest BCUT2D eigenvalue weighted by Crippen LogP contribution is -2.20. The zero-order valence-electron chi connectivity index (χ0n) is 17.6. The zero-order chi connectivity index (χ0) is 22.5. The van der Waals surface area contributed by atoms with Gasteiger partial charge in [-0.3, -0.25) is 5.41 Å². The second kappa shape index (κ2) is 9.82. The van der Waals surface area contributed by atoms with E-state index < -0.39 is 5.82 Å². The molecule has 0 aliphatic rings. The molecule has 1 heterocycles. The normalized spacial score (nSPS) is 10.9. The molecule has 0 unspecified atom stereocenters. The average molecular weight is 490 g/mol. The molecular formula is C22H25BrFN5O2. The molecule has 164 valence electrons. The van der Waals surface area contributed by atoms with Crippen LogP contribution in [0.5, 0.6) is 11.5 Å². The highest BCUT2D eigenvalue weighted by molar-refractivity contribution is 9.10. The Morgan fingerprint density at radius 1 is 1.29 bits per heavy atom. The summed E-state index contributed by atoms with van der Waals surface area (Å²) in [4.78, 5) is 9.34. The fraction of sp³-hybridized carbons (Fsp3) is 0.273. The molecule has 2 aromatic carbocycles. The Hall–Kier alpha value is -3.07. The molecule has 0 atom stereocenters. The molecule has 7 nitrogen and oxygen atoms in total. The Kier molecular flexibility index (Phi) is 7.17. The molecule has 0 aliphatic heterocycles. The highest BCUT2D eigenvalue weighted by atomic mass is 79.9. The summed E-state index contributed by atoms with van der Waals surface area (Å²) < 4.78 is 27.3. The molecular weight excluding hydrogens is 465 g/mol. The van der Waals surface area contributed by atoms with E-state index in [0.29, 0.717) is 34.0 Å². The van der Waals surface area contributed by atoms with Crippen molar-refractivity contribution in [2.45, 2.75) is 33.4 Å². The minimum absolute atomic E-state index is 0.0234. The van der Waals surface area contributed by atoms with E-state index in [1.807, 2.05) is 37.8 Å². The third-order valence-corrected chi connectivity index (χ3v) is 4.78. The van der Waals surface area contributed by atoms with Crippen molar-refractivity contribution in [2.75, 3.05) is 11.5 Å². The van der Waals surface area contributed by atoms with Crippen molar-refractivity contribution in [3.05, 3.63) is 64.1 Å². The van der Waals surface area contributed by atoms with Crippen LogP contribution in [0.3, 0.4) is 0 Å². The van der Waals surface area contributed by atoms with Gasteiger partial charge in [0.2, 0.25) is 5.95 Å². The van der Waals surface area contributed by atoms with Crippen LogP contribution < -0.4 is 20.1 Å². The number of H-pyrrole nitrogens is 1.